The van der Waals surface area contributed by atoms with Crippen LogP contribution in [0.3, 0.4) is 0 Å². The van der Waals surface area contributed by atoms with Crippen molar-refractivity contribution in [1.29, 1.82) is 0 Å². The number of hydrogen-bond acceptors (Lipinski definition) is 5. The number of halogens is 1. The van der Waals surface area contributed by atoms with Gasteiger partial charge in [-0.1, -0.05) is 13.0 Å². The van der Waals surface area contributed by atoms with Crippen LogP contribution in [0, 0.1) is 11.0 Å². The summed E-state index contributed by atoms with van der Waals surface area (Å²) in [7, 11) is 0. The van der Waals surface area contributed by atoms with E-state index in [0.717, 1.165) is 91.8 Å². The van der Waals surface area contributed by atoms with E-state index in [1.54, 1.807) is 6.20 Å². The van der Waals surface area contributed by atoms with Crippen molar-refractivity contribution < 1.29 is 4.39 Å². The van der Waals surface area contributed by atoms with Crippen LogP contribution in [0.4, 0.5) is 4.39 Å². The molecule has 8 heteroatoms. The number of fused-ring (bicyclic) bond motifs is 2. The summed E-state index contributed by atoms with van der Waals surface area (Å²) in [6.45, 7) is 5.55. The molecule has 6 heterocycles. The number of likely N-dealkylation sites (tertiary alicyclic amines) is 1. The fraction of sp³-hybridized carbons (Fsp3) is 0.207. The maximum Gasteiger partial charge on any atom is 0.176 e. The minimum atomic E-state index is -0.199. The summed E-state index contributed by atoms with van der Waals surface area (Å²) in [6.07, 6.45) is 6.92. The lowest BCUT2D eigenvalue weighted by atomic mass is 10.0. The normalized spacial score (nSPS) is 16.3. The van der Waals surface area contributed by atoms with Crippen molar-refractivity contribution in [3.05, 3.63) is 77.8 Å². The van der Waals surface area contributed by atoms with Crippen LogP contribution in [0.5, 0.6) is 0 Å². The van der Waals surface area contributed by atoms with Gasteiger partial charge in [-0.15, -0.1) is 11.3 Å². The van der Waals surface area contributed by atoms with E-state index >= 15 is 0 Å². The van der Waals surface area contributed by atoms with Gasteiger partial charge in [0.15, 0.2) is 5.13 Å². The van der Waals surface area contributed by atoms with Crippen LogP contribution in [0.1, 0.15) is 18.9 Å². The number of rotatable bonds is 5. The molecule has 0 spiro atoms. The van der Waals surface area contributed by atoms with Crippen molar-refractivity contribution in [3.63, 3.8) is 0 Å². The van der Waals surface area contributed by atoms with Gasteiger partial charge in [0.1, 0.15) is 11.3 Å². The molecule has 1 aliphatic rings. The fourth-order valence-corrected chi connectivity index (χ4v) is 6.16. The SMILES string of the molecule is CC1CCN(Cc2cncc(-c3ccc4[nH]nc(-c5cc6c(-c7ccc(F)s7)ccnc6[nH]5)c4c3)c2)C1. The molecule has 5 aromatic heterocycles. The molecule has 184 valence electrons. The first kappa shape index (κ1) is 22.3. The van der Waals surface area contributed by atoms with Gasteiger partial charge in [-0.2, -0.15) is 9.49 Å². The Bertz CT molecular complexity index is 1750. The number of aromatic amines is 2. The first-order valence-electron chi connectivity index (χ1n) is 12.5. The molecule has 6 aromatic rings. The number of H-pyrrole nitrogens is 2. The van der Waals surface area contributed by atoms with Gasteiger partial charge >= 0.3 is 0 Å². The number of thiophene rings is 1. The van der Waals surface area contributed by atoms with Crippen LogP contribution in [-0.4, -0.2) is 43.1 Å². The van der Waals surface area contributed by atoms with E-state index in [2.05, 4.69) is 67.3 Å². The predicted molar refractivity (Wildman–Crippen MR) is 147 cm³/mol. The zero-order chi connectivity index (χ0) is 24.9. The van der Waals surface area contributed by atoms with Gasteiger partial charge < -0.3 is 4.98 Å². The molecule has 0 saturated carbocycles. The number of nitrogens with zero attached hydrogens (tertiary/aromatic N) is 4. The maximum atomic E-state index is 13.7. The van der Waals surface area contributed by atoms with Crippen molar-refractivity contribution in [2.24, 2.45) is 5.92 Å². The topological polar surface area (TPSA) is 73.5 Å². The molecule has 0 amide bonds. The van der Waals surface area contributed by atoms with E-state index in [0.29, 0.717) is 0 Å². The number of pyridine rings is 2. The van der Waals surface area contributed by atoms with E-state index in [4.69, 9.17) is 0 Å². The Morgan fingerprint density at radius 2 is 2.00 bits per heavy atom. The zero-order valence-corrected chi connectivity index (χ0v) is 21.1. The Labute approximate surface area is 217 Å². The second-order valence-electron chi connectivity index (χ2n) is 9.95. The molecule has 1 fully saturated rings. The summed E-state index contributed by atoms with van der Waals surface area (Å²) in [5.74, 6) is 0.764. The average molecular weight is 509 g/mol. The summed E-state index contributed by atoms with van der Waals surface area (Å²) in [6, 6.07) is 15.9. The van der Waals surface area contributed by atoms with Crippen LogP contribution in [-0.2, 0) is 6.54 Å². The molecule has 0 radical (unpaired) electrons. The van der Waals surface area contributed by atoms with Gasteiger partial charge in [0.05, 0.1) is 11.2 Å². The van der Waals surface area contributed by atoms with Gasteiger partial charge in [0.25, 0.3) is 0 Å². The second-order valence-corrected chi connectivity index (χ2v) is 11.0. The van der Waals surface area contributed by atoms with Crippen LogP contribution in [0.15, 0.2) is 67.1 Å². The number of nitrogens with one attached hydrogen (secondary N) is 2. The van der Waals surface area contributed by atoms with Crippen LogP contribution in [0.2, 0.25) is 0 Å². The molecule has 0 bridgehead atoms. The second kappa shape index (κ2) is 8.90. The van der Waals surface area contributed by atoms with Crippen LogP contribution < -0.4 is 0 Å². The highest BCUT2D eigenvalue weighted by atomic mass is 32.1. The molecule has 37 heavy (non-hydrogen) atoms. The van der Waals surface area contributed by atoms with Gasteiger partial charge in [-0.05, 0) is 72.5 Å². The number of benzene rings is 1. The fourth-order valence-electron chi connectivity index (χ4n) is 5.39. The standard InChI is InChI=1S/C29H25FN6S/c1-17-7-9-36(15-17)16-18-10-20(14-31-13-18)19-2-3-24-23(11-19)28(35-34-24)25-12-22-21(6-8-32-29(22)33-25)26-4-5-27(30)37-26/h2-6,8,10-14,17H,7,9,15-16H2,1H3,(H,32,33)(H,34,35). The third-order valence-corrected chi connectivity index (χ3v) is 8.14. The van der Waals surface area contributed by atoms with Crippen molar-refractivity contribution in [2.75, 3.05) is 13.1 Å². The Hall–Kier alpha value is -3.88. The summed E-state index contributed by atoms with van der Waals surface area (Å²) >= 11 is 1.14. The molecular formula is C29H25FN6S. The molecule has 6 nitrogen and oxygen atoms in total. The summed E-state index contributed by atoms with van der Waals surface area (Å²) in [5.41, 5.74) is 7.79. The van der Waals surface area contributed by atoms with E-state index in [-0.39, 0.29) is 5.13 Å². The molecule has 1 aromatic carbocycles. The van der Waals surface area contributed by atoms with Crippen LogP contribution >= 0.6 is 11.3 Å². The molecular weight excluding hydrogens is 483 g/mol. The van der Waals surface area contributed by atoms with Crippen molar-refractivity contribution in [2.45, 2.75) is 19.9 Å². The summed E-state index contributed by atoms with van der Waals surface area (Å²) < 4.78 is 13.7. The molecule has 1 saturated heterocycles. The largest absolute Gasteiger partial charge is 0.338 e. The van der Waals surface area contributed by atoms with Crippen molar-refractivity contribution in [3.8, 4) is 33.0 Å². The molecule has 1 atom stereocenters. The lowest BCUT2D eigenvalue weighted by molar-refractivity contribution is 0.320. The summed E-state index contributed by atoms with van der Waals surface area (Å²) in [5, 5.41) is 9.56. The lowest BCUT2D eigenvalue weighted by Crippen LogP contribution is -2.19. The highest BCUT2D eigenvalue weighted by Gasteiger charge is 2.19. The van der Waals surface area contributed by atoms with E-state index in [1.807, 2.05) is 24.5 Å². The Balaban J connectivity index is 1.26. The van der Waals surface area contributed by atoms with Gasteiger partial charge in [-0.3, -0.25) is 15.0 Å². The Morgan fingerprint density at radius 3 is 2.84 bits per heavy atom. The highest BCUT2D eigenvalue weighted by Crippen LogP contribution is 2.36. The van der Waals surface area contributed by atoms with Gasteiger partial charge in [-0.25, -0.2) is 4.98 Å². The average Bonchev–Trinajstić information content (AvgIpc) is 3.70. The Morgan fingerprint density at radius 1 is 1.05 bits per heavy atom. The maximum absolute atomic E-state index is 13.7. The first-order chi connectivity index (χ1) is 18.1. The van der Waals surface area contributed by atoms with Gasteiger partial charge in [0.2, 0.25) is 0 Å². The molecule has 1 aliphatic heterocycles. The van der Waals surface area contributed by atoms with E-state index < -0.39 is 0 Å². The molecule has 7 rings (SSSR count). The Kier molecular flexibility index (Phi) is 5.37. The highest BCUT2D eigenvalue weighted by molar-refractivity contribution is 7.14. The van der Waals surface area contributed by atoms with Crippen LogP contribution in [0.25, 0.3) is 54.9 Å². The van der Waals surface area contributed by atoms with Gasteiger partial charge in [0, 0.05) is 58.5 Å². The van der Waals surface area contributed by atoms with E-state index in [9.17, 15) is 4.39 Å². The number of aromatic nitrogens is 5. The zero-order valence-electron chi connectivity index (χ0n) is 20.3. The third-order valence-electron chi connectivity index (χ3n) is 7.23. The third kappa shape index (κ3) is 4.12. The minimum absolute atomic E-state index is 0.199. The van der Waals surface area contributed by atoms with Crippen molar-refractivity contribution in [1.82, 2.24) is 30.0 Å². The number of hydrogen-bond donors (Lipinski definition) is 2. The molecule has 0 aliphatic carbocycles. The summed E-state index contributed by atoms with van der Waals surface area (Å²) in [4.78, 5) is 15.9. The predicted octanol–water partition coefficient (Wildman–Crippen LogP) is 6.88. The quantitative estimate of drug-likeness (QED) is 0.266. The van der Waals surface area contributed by atoms with Crippen molar-refractivity contribution >= 4 is 33.3 Å². The molecule has 1 unspecified atom stereocenters. The minimum Gasteiger partial charge on any atom is -0.338 e. The first-order valence-corrected chi connectivity index (χ1v) is 13.3. The van der Waals surface area contributed by atoms with E-state index in [1.165, 1.54) is 18.1 Å². The lowest BCUT2D eigenvalue weighted by Gasteiger charge is -2.15. The molecule has 2 N–H and O–H groups in total. The monoisotopic (exact) mass is 508 g/mol. The smallest absolute Gasteiger partial charge is 0.176 e.